The lowest BCUT2D eigenvalue weighted by molar-refractivity contribution is 0.0826. The smallest absolute Gasteiger partial charge is 0.123 e. The third-order valence-electron chi connectivity index (χ3n) is 4.36. The van der Waals surface area contributed by atoms with Crippen molar-refractivity contribution >= 4 is 5.69 Å². The van der Waals surface area contributed by atoms with Gasteiger partial charge in [0.15, 0.2) is 0 Å². The molecule has 3 atom stereocenters. The summed E-state index contributed by atoms with van der Waals surface area (Å²) >= 11 is 0. The van der Waals surface area contributed by atoms with Crippen molar-refractivity contribution in [3.05, 3.63) is 65.5 Å². The third kappa shape index (κ3) is 1.81. The van der Waals surface area contributed by atoms with E-state index in [4.69, 9.17) is 4.74 Å². The lowest BCUT2D eigenvalue weighted by Crippen LogP contribution is -2.29. The Bertz CT molecular complexity index is 628. The monoisotopic (exact) mass is 269 g/mol. The fourth-order valence-electron chi connectivity index (χ4n) is 3.43. The summed E-state index contributed by atoms with van der Waals surface area (Å²) in [4.78, 5) is 0. The molecule has 0 radical (unpaired) electrons. The molecule has 2 aromatic carbocycles. The topological polar surface area (TPSA) is 21.3 Å². The van der Waals surface area contributed by atoms with Crippen molar-refractivity contribution in [3.8, 4) is 0 Å². The number of hydrogen-bond donors (Lipinski definition) is 1. The van der Waals surface area contributed by atoms with Crippen LogP contribution in [0.15, 0.2) is 48.5 Å². The van der Waals surface area contributed by atoms with Gasteiger partial charge in [-0.05, 0) is 30.2 Å². The van der Waals surface area contributed by atoms with Crippen LogP contribution in [0, 0.1) is 11.7 Å². The van der Waals surface area contributed by atoms with E-state index in [1.54, 1.807) is 6.07 Å². The molecule has 0 amide bonds. The highest BCUT2D eigenvalue weighted by Crippen LogP contribution is 2.49. The Hall–Kier alpha value is -1.87. The summed E-state index contributed by atoms with van der Waals surface area (Å²) < 4.78 is 19.4. The molecule has 2 aliphatic rings. The van der Waals surface area contributed by atoms with Gasteiger partial charge in [0.05, 0.1) is 12.1 Å². The number of fused-ring (bicyclic) bond motifs is 3. The molecule has 2 nitrogen and oxygen atoms in total. The minimum Gasteiger partial charge on any atom is -0.378 e. The van der Waals surface area contributed by atoms with Crippen LogP contribution >= 0.6 is 0 Å². The molecule has 2 aromatic rings. The summed E-state index contributed by atoms with van der Waals surface area (Å²) in [6, 6.07) is 15.6. The van der Waals surface area contributed by atoms with Crippen LogP contribution < -0.4 is 5.32 Å². The van der Waals surface area contributed by atoms with Gasteiger partial charge < -0.3 is 10.1 Å². The summed E-state index contributed by atoms with van der Waals surface area (Å²) in [5.74, 6) is 0.171. The Labute approximate surface area is 117 Å². The van der Waals surface area contributed by atoms with Gasteiger partial charge in [0.1, 0.15) is 5.82 Å². The highest BCUT2D eigenvalue weighted by atomic mass is 19.1. The molecule has 102 valence electrons. The van der Waals surface area contributed by atoms with Crippen molar-refractivity contribution in [1.82, 2.24) is 0 Å². The molecule has 3 heteroatoms. The van der Waals surface area contributed by atoms with Gasteiger partial charge in [-0.2, -0.15) is 0 Å². The summed E-state index contributed by atoms with van der Waals surface area (Å²) in [6.45, 7) is 0.746. The Morgan fingerprint density at radius 2 is 1.95 bits per heavy atom. The van der Waals surface area contributed by atoms with Crippen LogP contribution in [0.1, 0.15) is 29.7 Å². The molecular formula is C17H16FNO. The molecule has 1 fully saturated rings. The van der Waals surface area contributed by atoms with Crippen LogP contribution in [0.5, 0.6) is 0 Å². The lowest BCUT2D eigenvalue weighted by Gasteiger charge is -2.36. The van der Waals surface area contributed by atoms with Gasteiger partial charge in [-0.25, -0.2) is 4.39 Å². The first-order chi connectivity index (χ1) is 9.83. The number of hydrogen-bond acceptors (Lipinski definition) is 2. The van der Waals surface area contributed by atoms with Crippen molar-refractivity contribution in [2.45, 2.75) is 18.6 Å². The number of ether oxygens (including phenoxy) is 1. The van der Waals surface area contributed by atoms with Crippen LogP contribution in [0.3, 0.4) is 0 Å². The van der Waals surface area contributed by atoms with Crippen LogP contribution in [-0.2, 0) is 4.74 Å². The average molecular weight is 269 g/mol. The van der Waals surface area contributed by atoms with Crippen molar-refractivity contribution in [2.24, 2.45) is 5.92 Å². The predicted molar refractivity (Wildman–Crippen MR) is 76.0 cm³/mol. The maximum absolute atomic E-state index is 13.5. The number of nitrogens with one attached hydrogen (secondary N) is 1. The van der Waals surface area contributed by atoms with E-state index in [2.05, 4.69) is 29.6 Å². The lowest BCUT2D eigenvalue weighted by atomic mass is 9.81. The molecule has 2 heterocycles. The minimum atomic E-state index is -0.196. The first-order valence-electron chi connectivity index (χ1n) is 7.05. The van der Waals surface area contributed by atoms with Gasteiger partial charge in [-0.3, -0.25) is 0 Å². The van der Waals surface area contributed by atoms with Gasteiger partial charge in [-0.15, -0.1) is 0 Å². The normalized spacial score (nSPS) is 27.6. The van der Waals surface area contributed by atoms with Crippen molar-refractivity contribution < 1.29 is 9.13 Å². The summed E-state index contributed by atoms with van der Waals surface area (Å²) in [7, 11) is 0. The fraction of sp³-hybridized carbons (Fsp3) is 0.294. The molecule has 0 bridgehead atoms. The number of rotatable bonds is 1. The molecular weight excluding hydrogens is 253 g/mol. The molecule has 4 rings (SSSR count). The molecule has 2 aliphatic heterocycles. The van der Waals surface area contributed by atoms with Crippen LogP contribution in [0.4, 0.5) is 10.1 Å². The molecule has 0 aromatic heterocycles. The zero-order valence-corrected chi connectivity index (χ0v) is 11.1. The Morgan fingerprint density at radius 1 is 1.10 bits per heavy atom. The second-order valence-corrected chi connectivity index (χ2v) is 5.51. The van der Waals surface area contributed by atoms with E-state index in [0.717, 1.165) is 24.3 Å². The number of anilines is 1. The van der Waals surface area contributed by atoms with Crippen molar-refractivity contribution in [3.63, 3.8) is 0 Å². The fourth-order valence-corrected chi connectivity index (χ4v) is 3.43. The summed E-state index contributed by atoms with van der Waals surface area (Å²) in [5.41, 5.74) is 3.21. The van der Waals surface area contributed by atoms with E-state index in [9.17, 15) is 4.39 Å². The first kappa shape index (κ1) is 11.9. The van der Waals surface area contributed by atoms with Gasteiger partial charge in [0.25, 0.3) is 0 Å². The minimum absolute atomic E-state index is 0.00663. The zero-order valence-electron chi connectivity index (χ0n) is 11.1. The highest BCUT2D eigenvalue weighted by molar-refractivity contribution is 5.57. The maximum Gasteiger partial charge on any atom is 0.123 e. The average Bonchev–Trinajstić information content (AvgIpc) is 2.97. The van der Waals surface area contributed by atoms with Gasteiger partial charge in [0, 0.05) is 23.8 Å². The van der Waals surface area contributed by atoms with Gasteiger partial charge >= 0.3 is 0 Å². The van der Waals surface area contributed by atoms with E-state index >= 15 is 0 Å². The SMILES string of the molecule is Fc1ccc2c(c1)[C@H]1OCC[C@H]1[C@@H](c1ccccc1)N2. The van der Waals surface area contributed by atoms with Crippen LogP contribution in [-0.4, -0.2) is 6.61 Å². The Kier molecular flexibility index (Phi) is 2.74. The van der Waals surface area contributed by atoms with Crippen LogP contribution in [0.25, 0.3) is 0 Å². The molecule has 0 saturated carbocycles. The van der Waals surface area contributed by atoms with E-state index in [1.807, 2.05) is 12.1 Å². The second kappa shape index (κ2) is 4.60. The predicted octanol–water partition coefficient (Wildman–Crippen LogP) is 4.07. The largest absolute Gasteiger partial charge is 0.378 e. The molecule has 0 spiro atoms. The Morgan fingerprint density at radius 3 is 2.80 bits per heavy atom. The third-order valence-corrected chi connectivity index (χ3v) is 4.36. The van der Waals surface area contributed by atoms with Crippen LogP contribution in [0.2, 0.25) is 0 Å². The maximum atomic E-state index is 13.5. The summed E-state index contributed by atoms with van der Waals surface area (Å²) in [6.07, 6.45) is 1.01. The van der Waals surface area contributed by atoms with Gasteiger partial charge in [-0.1, -0.05) is 30.3 Å². The number of benzene rings is 2. The van der Waals surface area contributed by atoms with E-state index in [0.29, 0.717) is 5.92 Å². The van der Waals surface area contributed by atoms with E-state index in [-0.39, 0.29) is 18.0 Å². The zero-order chi connectivity index (χ0) is 13.5. The molecule has 0 unspecified atom stereocenters. The van der Waals surface area contributed by atoms with Gasteiger partial charge in [0.2, 0.25) is 0 Å². The first-order valence-corrected chi connectivity index (χ1v) is 7.05. The highest BCUT2D eigenvalue weighted by Gasteiger charge is 2.41. The van der Waals surface area contributed by atoms with E-state index in [1.165, 1.54) is 11.6 Å². The second-order valence-electron chi connectivity index (χ2n) is 5.51. The molecule has 20 heavy (non-hydrogen) atoms. The van der Waals surface area contributed by atoms with E-state index < -0.39 is 0 Å². The standard InChI is InChI=1S/C17H16FNO/c18-12-6-7-15-14(10-12)17-13(8-9-20-17)16(19-15)11-4-2-1-3-5-11/h1-7,10,13,16-17,19H,8-9H2/t13-,16+,17-/m0/s1. The summed E-state index contributed by atoms with van der Waals surface area (Å²) in [5, 5.41) is 3.57. The van der Waals surface area contributed by atoms with Crippen molar-refractivity contribution in [1.29, 1.82) is 0 Å². The quantitative estimate of drug-likeness (QED) is 0.842. The van der Waals surface area contributed by atoms with Crippen molar-refractivity contribution in [2.75, 3.05) is 11.9 Å². The Balaban J connectivity index is 1.79. The molecule has 1 N–H and O–H groups in total. The number of halogens is 1. The molecule has 0 aliphatic carbocycles. The molecule has 1 saturated heterocycles.